The van der Waals surface area contributed by atoms with Gasteiger partial charge in [-0.05, 0) is 25.5 Å². The maximum absolute atomic E-state index is 11.2. The van der Waals surface area contributed by atoms with E-state index in [0.29, 0.717) is 38.6 Å². The Labute approximate surface area is 159 Å². The summed E-state index contributed by atoms with van der Waals surface area (Å²) in [7, 11) is 0. The van der Waals surface area contributed by atoms with Crippen LogP contribution in [0.15, 0.2) is 42.5 Å². The number of ether oxygens (including phenoxy) is 4. The minimum atomic E-state index is -0.413. The molecule has 2 rings (SSSR count). The quantitative estimate of drug-likeness (QED) is 0.369. The van der Waals surface area contributed by atoms with Crippen LogP contribution >= 0.6 is 0 Å². The third-order valence-corrected chi connectivity index (χ3v) is 3.81. The molecule has 0 heterocycles. The molecule has 1 N–H and O–H groups in total. The molecule has 0 bridgehead atoms. The molecule has 0 saturated heterocycles. The number of aryl methyl sites for hydroxylation is 1. The van der Waals surface area contributed by atoms with Crippen LogP contribution in [0.1, 0.15) is 12.5 Å². The zero-order valence-electron chi connectivity index (χ0n) is 15.8. The van der Waals surface area contributed by atoms with Gasteiger partial charge in [0, 0.05) is 16.3 Å². The Balaban J connectivity index is 1.63. The molecule has 0 aliphatic heterocycles. The second-order valence-corrected chi connectivity index (χ2v) is 6.08. The Morgan fingerprint density at radius 2 is 1.59 bits per heavy atom. The highest BCUT2D eigenvalue weighted by Crippen LogP contribution is 2.35. The van der Waals surface area contributed by atoms with E-state index in [1.807, 2.05) is 31.2 Å². The standard InChI is InChI=1S/C21H26O6/c1-15(2)21(23)27-13-11-25-9-8-24-10-12-26-20-16(3)14-19(22)17-6-4-5-7-18(17)20/h4-7,14,22H,1,8-13H2,2-3H3. The van der Waals surface area contributed by atoms with E-state index in [1.54, 1.807) is 13.0 Å². The van der Waals surface area contributed by atoms with Crippen LogP contribution in [0.4, 0.5) is 0 Å². The number of rotatable bonds is 11. The molecule has 0 aliphatic carbocycles. The first-order valence-corrected chi connectivity index (χ1v) is 8.83. The first-order valence-electron chi connectivity index (χ1n) is 8.83. The molecule has 2 aromatic rings. The molecule has 0 aliphatic rings. The number of esters is 1. The van der Waals surface area contributed by atoms with Gasteiger partial charge in [-0.1, -0.05) is 30.8 Å². The van der Waals surface area contributed by atoms with Gasteiger partial charge in [-0.2, -0.15) is 0 Å². The van der Waals surface area contributed by atoms with E-state index in [2.05, 4.69) is 6.58 Å². The highest BCUT2D eigenvalue weighted by Gasteiger charge is 2.10. The number of benzene rings is 2. The summed E-state index contributed by atoms with van der Waals surface area (Å²) in [5.74, 6) is 0.587. The molecule has 27 heavy (non-hydrogen) atoms. The number of aromatic hydroxyl groups is 1. The summed E-state index contributed by atoms with van der Waals surface area (Å²) in [6.45, 7) is 9.16. The number of hydrogen-bond donors (Lipinski definition) is 1. The highest BCUT2D eigenvalue weighted by atomic mass is 16.6. The van der Waals surface area contributed by atoms with Crippen LogP contribution in [0.3, 0.4) is 0 Å². The zero-order valence-corrected chi connectivity index (χ0v) is 15.8. The van der Waals surface area contributed by atoms with Gasteiger partial charge in [0.15, 0.2) is 0 Å². The van der Waals surface area contributed by atoms with Crippen molar-refractivity contribution in [3.8, 4) is 11.5 Å². The predicted molar refractivity (Wildman–Crippen MR) is 103 cm³/mol. The van der Waals surface area contributed by atoms with Crippen LogP contribution in [0.2, 0.25) is 0 Å². The first kappa shape index (κ1) is 20.7. The van der Waals surface area contributed by atoms with Crippen molar-refractivity contribution in [1.82, 2.24) is 0 Å². The minimum absolute atomic E-state index is 0.196. The molecular formula is C21H26O6. The van der Waals surface area contributed by atoms with E-state index < -0.39 is 5.97 Å². The molecule has 0 spiro atoms. The SMILES string of the molecule is C=C(C)C(=O)OCCOCCOCCOc1c(C)cc(O)c2ccccc12. The number of phenols is 1. The molecule has 2 aromatic carbocycles. The van der Waals surface area contributed by atoms with E-state index in [1.165, 1.54) is 0 Å². The van der Waals surface area contributed by atoms with Gasteiger partial charge in [-0.15, -0.1) is 0 Å². The van der Waals surface area contributed by atoms with Crippen molar-refractivity contribution in [1.29, 1.82) is 0 Å². The third kappa shape index (κ3) is 6.27. The van der Waals surface area contributed by atoms with Crippen molar-refractivity contribution < 1.29 is 28.8 Å². The van der Waals surface area contributed by atoms with Crippen LogP contribution in [-0.2, 0) is 19.0 Å². The summed E-state index contributed by atoms with van der Waals surface area (Å²) >= 11 is 0. The van der Waals surface area contributed by atoms with E-state index in [-0.39, 0.29) is 12.4 Å². The summed E-state index contributed by atoms with van der Waals surface area (Å²) in [6.07, 6.45) is 0. The van der Waals surface area contributed by atoms with Crippen LogP contribution in [-0.4, -0.2) is 50.7 Å². The van der Waals surface area contributed by atoms with Crippen LogP contribution in [0.5, 0.6) is 11.5 Å². The summed E-state index contributed by atoms with van der Waals surface area (Å²) in [6, 6.07) is 9.28. The fraction of sp³-hybridized carbons (Fsp3) is 0.381. The van der Waals surface area contributed by atoms with Crippen molar-refractivity contribution in [2.45, 2.75) is 13.8 Å². The Hall–Kier alpha value is -2.57. The maximum atomic E-state index is 11.2. The van der Waals surface area contributed by atoms with Crippen molar-refractivity contribution in [2.75, 3.05) is 39.6 Å². The third-order valence-electron chi connectivity index (χ3n) is 3.81. The van der Waals surface area contributed by atoms with Gasteiger partial charge in [0.25, 0.3) is 0 Å². The van der Waals surface area contributed by atoms with Crippen molar-refractivity contribution in [2.24, 2.45) is 0 Å². The summed E-state index contributed by atoms with van der Waals surface area (Å²) in [5, 5.41) is 11.7. The van der Waals surface area contributed by atoms with Crippen LogP contribution in [0, 0.1) is 6.92 Å². The number of fused-ring (bicyclic) bond motifs is 1. The van der Waals surface area contributed by atoms with Gasteiger partial charge in [-0.25, -0.2) is 4.79 Å². The molecule has 0 atom stereocenters. The lowest BCUT2D eigenvalue weighted by Crippen LogP contribution is -2.14. The number of carbonyl (C=O) groups is 1. The molecule has 0 saturated carbocycles. The Morgan fingerprint density at radius 1 is 1.00 bits per heavy atom. The van der Waals surface area contributed by atoms with E-state index in [4.69, 9.17) is 18.9 Å². The molecule has 6 heteroatoms. The van der Waals surface area contributed by atoms with Gasteiger partial charge in [0.1, 0.15) is 24.7 Å². The van der Waals surface area contributed by atoms with Gasteiger partial charge in [0.2, 0.25) is 0 Å². The van der Waals surface area contributed by atoms with Crippen molar-refractivity contribution in [3.63, 3.8) is 0 Å². The largest absolute Gasteiger partial charge is 0.507 e. The van der Waals surface area contributed by atoms with Gasteiger partial charge in [0.05, 0.1) is 26.4 Å². The fourth-order valence-electron chi connectivity index (χ4n) is 2.50. The average Bonchev–Trinajstić information content (AvgIpc) is 2.65. The number of phenolic OH excluding ortho intramolecular Hbond substituents is 1. The molecular weight excluding hydrogens is 348 g/mol. The molecule has 0 amide bonds. The lowest BCUT2D eigenvalue weighted by molar-refractivity contribution is -0.140. The molecule has 0 fully saturated rings. The first-order chi connectivity index (χ1) is 13.0. The van der Waals surface area contributed by atoms with Crippen LogP contribution < -0.4 is 4.74 Å². The monoisotopic (exact) mass is 374 g/mol. The van der Waals surface area contributed by atoms with Gasteiger partial charge in [-0.3, -0.25) is 0 Å². The van der Waals surface area contributed by atoms with Crippen molar-refractivity contribution in [3.05, 3.63) is 48.0 Å². The Morgan fingerprint density at radius 3 is 2.26 bits per heavy atom. The lowest BCUT2D eigenvalue weighted by atomic mass is 10.1. The summed E-state index contributed by atoms with van der Waals surface area (Å²) in [5.41, 5.74) is 1.24. The average molecular weight is 374 g/mol. The Bertz CT molecular complexity index is 784. The van der Waals surface area contributed by atoms with Crippen molar-refractivity contribution >= 4 is 16.7 Å². The normalized spacial score (nSPS) is 10.7. The van der Waals surface area contributed by atoms with E-state index in [0.717, 1.165) is 22.1 Å². The zero-order chi connectivity index (χ0) is 19.6. The molecule has 0 unspecified atom stereocenters. The number of hydrogen-bond acceptors (Lipinski definition) is 6. The molecule has 146 valence electrons. The minimum Gasteiger partial charge on any atom is -0.507 e. The van der Waals surface area contributed by atoms with E-state index >= 15 is 0 Å². The fourth-order valence-corrected chi connectivity index (χ4v) is 2.50. The second kappa shape index (κ2) is 10.5. The number of carbonyl (C=O) groups excluding carboxylic acids is 1. The molecule has 6 nitrogen and oxygen atoms in total. The van der Waals surface area contributed by atoms with Crippen LogP contribution in [0.25, 0.3) is 10.8 Å². The summed E-state index contributed by atoms with van der Waals surface area (Å²) in [4.78, 5) is 11.2. The Kier molecular flexibility index (Phi) is 8.10. The second-order valence-electron chi connectivity index (χ2n) is 6.08. The predicted octanol–water partition coefficient (Wildman–Crippen LogP) is 3.39. The molecule has 0 radical (unpaired) electrons. The van der Waals surface area contributed by atoms with Gasteiger partial charge >= 0.3 is 5.97 Å². The van der Waals surface area contributed by atoms with Gasteiger partial charge < -0.3 is 24.1 Å². The van der Waals surface area contributed by atoms with E-state index in [9.17, 15) is 9.90 Å². The smallest absolute Gasteiger partial charge is 0.333 e. The molecule has 0 aromatic heterocycles. The highest BCUT2D eigenvalue weighted by molar-refractivity contribution is 5.94. The lowest BCUT2D eigenvalue weighted by Gasteiger charge is -2.13. The maximum Gasteiger partial charge on any atom is 0.333 e. The topological polar surface area (TPSA) is 74.2 Å². The summed E-state index contributed by atoms with van der Waals surface area (Å²) < 4.78 is 21.6.